The topological polar surface area (TPSA) is 60.0 Å². The maximum Gasteiger partial charge on any atom is 0.249 e. The van der Waals surface area contributed by atoms with Gasteiger partial charge in [-0.1, -0.05) is 24.8 Å². The lowest BCUT2D eigenvalue weighted by atomic mass is 10.1. The number of allylic oxidation sites excluding steroid dienone is 1. The summed E-state index contributed by atoms with van der Waals surface area (Å²) in [5.41, 5.74) is 4.20. The van der Waals surface area contributed by atoms with Crippen molar-refractivity contribution in [3.63, 3.8) is 0 Å². The third kappa shape index (κ3) is 5.63. The number of para-hydroxylation sites is 1. The third-order valence-electron chi connectivity index (χ3n) is 7.40. The fourth-order valence-corrected chi connectivity index (χ4v) is 5.05. The van der Waals surface area contributed by atoms with Crippen LogP contribution in [0.3, 0.4) is 0 Å². The van der Waals surface area contributed by atoms with Gasteiger partial charge in [0.25, 0.3) is 0 Å². The van der Waals surface area contributed by atoms with Crippen molar-refractivity contribution < 1.29 is 9.59 Å². The molecule has 7 nitrogen and oxygen atoms in total. The van der Waals surface area contributed by atoms with E-state index in [9.17, 15) is 9.59 Å². The molecule has 3 aromatic rings. The molecule has 38 heavy (non-hydrogen) atoms. The number of hydrogen-bond donors (Lipinski definition) is 0. The van der Waals surface area contributed by atoms with Crippen molar-refractivity contribution in [2.45, 2.75) is 6.92 Å². The molecule has 0 saturated carbocycles. The highest BCUT2D eigenvalue weighted by Crippen LogP contribution is 2.26. The van der Waals surface area contributed by atoms with E-state index in [0.29, 0.717) is 24.2 Å². The lowest BCUT2D eigenvalue weighted by Crippen LogP contribution is -2.49. The van der Waals surface area contributed by atoms with Crippen LogP contribution in [0.4, 0.5) is 11.5 Å². The lowest BCUT2D eigenvalue weighted by molar-refractivity contribution is -0.127. The molecular formula is C31H35N5O2. The summed E-state index contributed by atoms with van der Waals surface area (Å²) >= 11 is 0. The van der Waals surface area contributed by atoms with Gasteiger partial charge in [-0.2, -0.15) is 0 Å². The van der Waals surface area contributed by atoms with Crippen LogP contribution in [-0.4, -0.2) is 85.9 Å². The van der Waals surface area contributed by atoms with Gasteiger partial charge in [-0.25, -0.2) is 4.98 Å². The van der Waals surface area contributed by atoms with Crippen LogP contribution in [0.25, 0.3) is 17.0 Å². The first kappa shape index (κ1) is 25.7. The van der Waals surface area contributed by atoms with E-state index in [2.05, 4.69) is 40.5 Å². The molecule has 0 unspecified atom stereocenters. The number of fused-ring (bicyclic) bond motifs is 1. The minimum atomic E-state index is -0.0362. The number of piperazine rings is 2. The van der Waals surface area contributed by atoms with E-state index >= 15 is 0 Å². The quantitative estimate of drug-likeness (QED) is 0.368. The summed E-state index contributed by atoms with van der Waals surface area (Å²) in [4.78, 5) is 39.0. The minimum absolute atomic E-state index is 0.0229. The SMILES string of the molecule is C=C(C)C(=O)N1CCN(c2ccc(C(=O)/C=C/c3cc4ccccc4nc3N3CCN(C)CC3)cc2)CC1. The molecule has 2 aliphatic rings. The van der Waals surface area contributed by atoms with E-state index in [1.807, 2.05) is 53.4 Å². The van der Waals surface area contributed by atoms with Crippen molar-refractivity contribution in [3.8, 4) is 0 Å². The number of hydrogen-bond acceptors (Lipinski definition) is 6. The molecule has 1 aromatic heterocycles. The third-order valence-corrected chi connectivity index (χ3v) is 7.40. The molecular weight excluding hydrogens is 474 g/mol. The molecule has 1 amide bonds. The van der Waals surface area contributed by atoms with Gasteiger partial charge >= 0.3 is 0 Å². The predicted octanol–water partition coefficient (Wildman–Crippen LogP) is 4.11. The Kier molecular flexibility index (Phi) is 7.56. The van der Waals surface area contributed by atoms with Crippen molar-refractivity contribution >= 4 is 40.2 Å². The average Bonchev–Trinajstić information content (AvgIpc) is 2.95. The zero-order valence-electron chi connectivity index (χ0n) is 22.3. The summed E-state index contributed by atoms with van der Waals surface area (Å²) in [6.45, 7) is 12.2. The number of carbonyl (C=O) groups is 2. The van der Waals surface area contributed by atoms with E-state index in [0.717, 1.165) is 67.2 Å². The number of aromatic nitrogens is 1. The number of pyridine rings is 1. The molecule has 5 rings (SSSR count). The molecule has 3 heterocycles. The van der Waals surface area contributed by atoms with E-state index < -0.39 is 0 Å². The normalized spacial score (nSPS) is 16.8. The van der Waals surface area contributed by atoms with E-state index in [1.165, 1.54) is 0 Å². The largest absolute Gasteiger partial charge is 0.368 e. The summed E-state index contributed by atoms with van der Waals surface area (Å²) in [6.07, 6.45) is 3.56. The number of carbonyl (C=O) groups excluding carboxylic acids is 2. The van der Waals surface area contributed by atoms with Crippen LogP contribution in [0.15, 0.2) is 72.8 Å². The molecule has 0 spiro atoms. The molecule has 2 aliphatic heterocycles. The van der Waals surface area contributed by atoms with E-state index in [4.69, 9.17) is 4.98 Å². The summed E-state index contributed by atoms with van der Waals surface area (Å²) in [5, 5.41) is 1.06. The first-order valence-corrected chi connectivity index (χ1v) is 13.2. The molecule has 196 valence electrons. The van der Waals surface area contributed by atoms with Crippen molar-refractivity contribution in [3.05, 3.63) is 84.0 Å². The van der Waals surface area contributed by atoms with Crippen LogP contribution in [0, 0.1) is 0 Å². The van der Waals surface area contributed by atoms with Gasteiger partial charge in [0, 0.05) is 80.1 Å². The van der Waals surface area contributed by atoms with E-state index in [1.54, 1.807) is 13.0 Å². The highest BCUT2D eigenvalue weighted by molar-refractivity contribution is 6.07. The maximum absolute atomic E-state index is 13.1. The molecule has 0 N–H and O–H groups in total. The van der Waals surface area contributed by atoms with Gasteiger partial charge in [-0.3, -0.25) is 9.59 Å². The number of ketones is 1. The van der Waals surface area contributed by atoms with Crippen molar-refractivity contribution in [2.24, 2.45) is 0 Å². The molecule has 2 saturated heterocycles. The lowest BCUT2D eigenvalue weighted by Gasteiger charge is -2.36. The molecule has 0 aliphatic carbocycles. The van der Waals surface area contributed by atoms with Gasteiger partial charge in [0.2, 0.25) is 5.91 Å². The second kappa shape index (κ2) is 11.2. The molecule has 2 fully saturated rings. The molecule has 0 atom stereocenters. The van der Waals surface area contributed by atoms with Gasteiger partial charge in [0.05, 0.1) is 5.52 Å². The molecule has 2 aromatic carbocycles. The maximum atomic E-state index is 13.1. The summed E-state index contributed by atoms with van der Waals surface area (Å²) in [5.74, 6) is 0.918. The fraction of sp³-hybridized carbons (Fsp3) is 0.323. The highest BCUT2D eigenvalue weighted by Gasteiger charge is 2.22. The molecule has 7 heteroatoms. The van der Waals surface area contributed by atoms with Crippen LogP contribution in [0.2, 0.25) is 0 Å². The number of rotatable bonds is 6. The first-order valence-electron chi connectivity index (χ1n) is 13.2. The van der Waals surface area contributed by atoms with Crippen LogP contribution >= 0.6 is 0 Å². The summed E-state index contributed by atoms with van der Waals surface area (Å²) < 4.78 is 0. The van der Waals surface area contributed by atoms with Gasteiger partial charge in [-0.15, -0.1) is 0 Å². The molecule has 0 bridgehead atoms. The highest BCUT2D eigenvalue weighted by atomic mass is 16.2. The monoisotopic (exact) mass is 509 g/mol. The van der Waals surface area contributed by atoms with Crippen LogP contribution < -0.4 is 9.80 Å². The predicted molar refractivity (Wildman–Crippen MR) is 155 cm³/mol. The van der Waals surface area contributed by atoms with Crippen LogP contribution in [0.1, 0.15) is 22.8 Å². The number of amides is 1. The number of anilines is 2. The second-order valence-electron chi connectivity index (χ2n) is 10.2. The minimum Gasteiger partial charge on any atom is -0.368 e. The van der Waals surface area contributed by atoms with Crippen LogP contribution in [-0.2, 0) is 4.79 Å². The van der Waals surface area contributed by atoms with Crippen molar-refractivity contribution in [1.82, 2.24) is 14.8 Å². The summed E-state index contributed by atoms with van der Waals surface area (Å²) in [6, 6.07) is 18.0. The first-order chi connectivity index (χ1) is 18.4. The van der Waals surface area contributed by atoms with E-state index in [-0.39, 0.29) is 11.7 Å². The Hall–Kier alpha value is -3.97. The Bertz CT molecular complexity index is 1360. The second-order valence-corrected chi connectivity index (χ2v) is 10.2. The Labute approximate surface area is 224 Å². The smallest absolute Gasteiger partial charge is 0.249 e. The number of nitrogens with zero attached hydrogens (tertiary/aromatic N) is 5. The number of likely N-dealkylation sites (N-methyl/N-ethyl adjacent to an activating group) is 1. The Morgan fingerprint density at radius 2 is 1.53 bits per heavy atom. The summed E-state index contributed by atoms with van der Waals surface area (Å²) in [7, 11) is 2.14. The standard InChI is InChI=1S/C31H35N5O2/c1-23(2)31(38)36-20-18-34(19-21-36)27-11-8-24(9-12-27)29(37)13-10-26-22-25-6-4-5-7-28(25)32-30(26)35-16-14-33(3)15-17-35/h4-13,22H,1,14-21H2,2-3H3/b13-10+. The van der Waals surface area contributed by atoms with Crippen molar-refractivity contribution in [2.75, 3.05) is 69.2 Å². The number of benzene rings is 2. The fourth-order valence-electron chi connectivity index (χ4n) is 5.05. The Morgan fingerprint density at radius 3 is 2.21 bits per heavy atom. The van der Waals surface area contributed by atoms with Gasteiger partial charge < -0.3 is 19.6 Å². The average molecular weight is 510 g/mol. The molecule has 0 radical (unpaired) electrons. The zero-order chi connectivity index (χ0) is 26.6. The zero-order valence-corrected chi connectivity index (χ0v) is 22.3. The van der Waals surface area contributed by atoms with Gasteiger partial charge in [0.1, 0.15) is 5.82 Å². The van der Waals surface area contributed by atoms with Crippen LogP contribution in [0.5, 0.6) is 0 Å². The van der Waals surface area contributed by atoms with Gasteiger partial charge in [-0.05, 0) is 62.5 Å². The van der Waals surface area contributed by atoms with Crippen molar-refractivity contribution in [1.29, 1.82) is 0 Å². The van der Waals surface area contributed by atoms with Gasteiger partial charge in [0.15, 0.2) is 5.78 Å². The Morgan fingerprint density at radius 1 is 0.868 bits per heavy atom. The Balaban J connectivity index is 1.30.